The molecule has 1 N–H and O–H groups in total. The minimum Gasteiger partial charge on any atom is -0.393 e. The van der Waals surface area contributed by atoms with Gasteiger partial charge in [-0.1, -0.05) is 12.8 Å². The van der Waals surface area contributed by atoms with Gasteiger partial charge >= 0.3 is 0 Å². The van der Waals surface area contributed by atoms with E-state index in [4.69, 9.17) is 0 Å². The van der Waals surface area contributed by atoms with Gasteiger partial charge in [-0.05, 0) is 42.8 Å². The van der Waals surface area contributed by atoms with Crippen molar-refractivity contribution in [2.24, 2.45) is 5.92 Å². The molecular weight excluding hydrogens is 182 g/mol. The summed E-state index contributed by atoms with van der Waals surface area (Å²) in [6.45, 7) is 0. The maximum atomic E-state index is 9.75. The van der Waals surface area contributed by atoms with E-state index in [9.17, 15) is 5.11 Å². The number of nitrogens with zero attached hydrogens (tertiary/aromatic N) is 1. The molecule has 2 nitrogen and oxygen atoms in total. The molecule has 0 bridgehead atoms. The van der Waals surface area contributed by atoms with Crippen LogP contribution in [-0.2, 0) is 6.42 Å². The Balaban J connectivity index is 1.93. The average molecular weight is 197 g/mol. The van der Waals surface area contributed by atoms with E-state index in [2.05, 4.69) is 10.4 Å². The number of hydrogen-bond donors (Lipinski definition) is 1. The van der Waals surface area contributed by atoms with Gasteiger partial charge in [0.25, 0.3) is 0 Å². The van der Waals surface area contributed by atoms with Crippen LogP contribution in [0.3, 0.4) is 0 Å². The summed E-state index contributed by atoms with van der Waals surface area (Å²) >= 11 is 1.56. The molecule has 1 aromatic rings. The van der Waals surface area contributed by atoms with Crippen LogP contribution >= 0.6 is 11.5 Å². The van der Waals surface area contributed by atoms with E-state index in [0.717, 1.165) is 12.8 Å². The number of hydrogen-bond acceptors (Lipinski definition) is 3. The van der Waals surface area contributed by atoms with Crippen LogP contribution in [0.5, 0.6) is 0 Å². The molecule has 0 radical (unpaired) electrons. The highest BCUT2D eigenvalue weighted by Gasteiger charge is 2.23. The van der Waals surface area contributed by atoms with Crippen molar-refractivity contribution in [3.05, 3.63) is 17.1 Å². The molecule has 3 heteroatoms. The molecular formula is C10H15NOS. The third kappa shape index (κ3) is 2.29. The van der Waals surface area contributed by atoms with Crippen LogP contribution in [0.2, 0.25) is 0 Å². The highest BCUT2D eigenvalue weighted by molar-refractivity contribution is 7.05. The van der Waals surface area contributed by atoms with E-state index in [1.807, 2.05) is 6.20 Å². The normalized spacial score (nSPS) is 29.0. The SMILES string of the molecule is OC1CCCCC1Cc1ccns1. The first-order valence-corrected chi connectivity index (χ1v) is 5.71. The molecule has 0 aromatic carbocycles. The van der Waals surface area contributed by atoms with Crippen LogP contribution in [0, 0.1) is 5.92 Å². The number of aromatic nitrogens is 1. The predicted octanol–water partition coefficient (Wildman–Crippen LogP) is 2.24. The molecule has 0 spiro atoms. The van der Waals surface area contributed by atoms with E-state index < -0.39 is 0 Å². The van der Waals surface area contributed by atoms with Gasteiger partial charge in [0.15, 0.2) is 0 Å². The molecule has 0 amide bonds. The minimum absolute atomic E-state index is 0.0733. The Labute approximate surface area is 82.8 Å². The van der Waals surface area contributed by atoms with Gasteiger partial charge < -0.3 is 5.11 Å². The fourth-order valence-corrected chi connectivity index (χ4v) is 2.70. The summed E-state index contributed by atoms with van der Waals surface area (Å²) in [6, 6.07) is 2.06. The fraction of sp³-hybridized carbons (Fsp3) is 0.700. The first-order valence-electron chi connectivity index (χ1n) is 4.94. The monoisotopic (exact) mass is 197 g/mol. The van der Waals surface area contributed by atoms with Crippen molar-refractivity contribution in [2.75, 3.05) is 0 Å². The smallest absolute Gasteiger partial charge is 0.0571 e. The van der Waals surface area contributed by atoms with Crippen molar-refractivity contribution in [3.8, 4) is 0 Å². The third-order valence-corrected chi connectivity index (χ3v) is 3.59. The zero-order chi connectivity index (χ0) is 9.10. The number of aliphatic hydroxyl groups excluding tert-OH is 1. The van der Waals surface area contributed by atoms with Crippen LogP contribution in [0.1, 0.15) is 30.6 Å². The van der Waals surface area contributed by atoms with Crippen LogP contribution in [0.15, 0.2) is 12.3 Å². The van der Waals surface area contributed by atoms with Crippen molar-refractivity contribution in [3.63, 3.8) is 0 Å². The molecule has 0 saturated heterocycles. The first-order chi connectivity index (χ1) is 6.36. The second-order valence-corrected chi connectivity index (χ2v) is 4.71. The van der Waals surface area contributed by atoms with Crippen molar-refractivity contribution in [1.29, 1.82) is 0 Å². The molecule has 1 fully saturated rings. The van der Waals surface area contributed by atoms with Crippen molar-refractivity contribution < 1.29 is 5.11 Å². The van der Waals surface area contributed by atoms with Crippen LogP contribution < -0.4 is 0 Å². The lowest BCUT2D eigenvalue weighted by Crippen LogP contribution is -2.25. The summed E-state index contributed by atoms with van der Waals surface area (Å²) in [5.74, 6) is 0.481. The Bertz CT molecular complexity index is 247. The molecule has 2 rings (SSSR count). The quantitative estimate of drug-likeness (QED) is 0.788. The van der Waals surface area contributed by atoms with Gasteiger partial charge in [-0.15, -0.1) is 0 Å². The predicted molar refractivity (Wildman–Crippen MR) is 53.8 cm³/mol. The summed E-state index contributed by atoms with van der Waals surface area (Å²) < 4.78 is 4.07. The van der Waals surface area contributed by atoms with E-state index in [0.29, 0.717) is 5.92 Å². The van der Waals surface area contributed by atoms with Gasteiger partial charge in [0.05, 0.1) is 6.10 Å². The number of aliphatic hydroxyl groups is 1. The molecule has 0 aliphatic heterocycles. The second kappa shape index (κ2) is 4.20. The summed E-state index contributed by atoms with van der Waals surface area (Å²) in [5, 5.41) is 9.75. The van der Waals surface area contributed by atoms with E-state index >= 15 is 0 Å². The largest absolute Gasteiger partial charge is 0.393 e. The standard InChI is InChI=1S/C10H15NOS/c12-10-4-2-1-3-8(10)7-9-5-6-11-13-9/h5-6,8,10,12H,1-4,7H2. The summed E-state index contributed by atoms with van der Waals surface area (Å²) in [5.41, 5.74) is 0. The van der Waals surface area contributed by atoms with Gasteiger partial charge in [0.1, 0.15) is 0 Å². The van der Waals surface area contributed by atoms with E-state index in [1.165, 1.54) is 24.1 Å². The van der Waals surface area contributed by atoms with Crippen molar-refractivity contribution in [2.45, 2.75) is 38.2 Å². The highest BCUT2D eigenvalue weighted by Crippen LogP contribution is 2.28. The van der Waals surface area contributed by atoms with Gasteiger partial charge in [0.2, 0.25) is 0 Å². The lowest BCUT2D eigenvalue weighted by atomic mass is 9.84. The maximum Gasteiger partial charge on any atom is 0.0571 e. The van der Waals surface area contributed by atoms with Gasteiger partial charge in [-0.3, -0.25) is 0 Å². The molecule has 2 unspecified atom stereocenters. The Kier molecular flexibility index (Phi) is 2.96. The van der Waals surface area contributed by atoms with Crippen molar-refractivity contribution >= 4 is 11.5 Å². The third-order valence-electron chi connectivity index (χ3n) is 2.82. The van der Waals surface area contributed by atoms with Crippen molar-refractivity contribution in [1.82, 2.24) is 4.37 Å². The topological polar surface area (TPSA) is 33.1 Å². The second-order valence-electron chi connectivity index (χ2n) is 3.79. The lowest BCUT2D eigenvalue weighted by molar-refractivity contribution is 0.0704. The van der Waals surface area contributed by atoms with Crippen LogP contribution in [-0.4, -0.2) is 15.6 Å². The molecule has 1 heterocycles. The Morgan fingerprint density at radius 1 is 1.46 bits per heavy atom. The highest BCUT2D eigenvalue weighted by atomic mass is 32.1. The average Bonchev–Trinajstić information content (AvgIpc) is 2.61. The molecule has 1 aliphatic rings. The Hall–Kier alpha value is -0.410. The first kappa shape index (κ1) is 9.16. The van der Waals surface area contributed by atoms with Gasteiger partial charge in [-0.2, -0.15) is 0 Å². The van der Waals surface area contributed by atoms with Gasteiger partial charge in [0, 0.05) is 11.1 Å². The lowest BCUT2D eigenvalue weighted by Gasteiger charge is -2.26. The number of rotatable bonds is 2. The Morgan fingerprint density at radius 3 is 3.00 bits per heavy atom. The fourth-order valence-electron chi connectivity index (χ4n) is 2.03. The summed E-state index contributed by atoms with van der Waals surface area (Å²) in [7, 11) is 0. The molecule has 1 saturated carbocycles. The molecule has 72 valence electrons. The van der Waals surface area contributed by atoms with Gasteiger partial charge in [-0.25, -0.2) is 4.37 Å². The summed E-state index contributed by atoms with van der Waals surface area (Å²) in [4.78, 5) is 1.31. The minimum atomic E-state index is -0.0733. The zero-order valence-corrected chi connectivity index (χ0v) is 8.46. The van der Waals surface area contributed by atoms with Crippen LogP contribution in [0.4, 0.5) is 0 Å². The van der Waals surface area contributed by atoms with Crippen LogP contribution in [0.25, 0.3) is 0 Å². The maximum absolute atomic E-state index is 9.75. The summed E-state index contributed by atoms with van der Waals surface area (Å²) in [6.07, 6.45) is 7.43. The molecule has 1 aromatic heterocycles. The molecule has 13 heavy (non-hydrogen) atoms. The zero-order valence-electron chi connectivity index (χ0n) is 7.65. The molecule has 2 atom stereocenters. The Morgan fingerprint density at radius 2 is 2.31 bits per heavy atom. The molecule has 1 aliphatic carbocycles. The van der Waals surface area contributed by atoms with E-state index in [-0.39, 0.29) is 6.10 Å². The van der Waals surface area contributed by atoms with E-state index in [1.54, 1.807) is 11.5 Å².